The molecule has 0 saturated heterocycles. The topological polar surface area (TPSA) is 24.4 Å². The molecule has 1 unspecified atom stereocenters. The van der Waals surface area contributed by atoms with Gasteiger partial charge in [0.25, 0.3) is 0 Å². The number of aliphatic imine (C=N–C) groups is 1. The van der Waals surface area contributed by atoms with Crippen molar-refractivity contribution in [3.8, 4) is 11.1 Å². The summed E-state index contributed by atoms with van der Waals surface area (Å²) in [4.78, 5) is 6.71. The normalized spacial score (nSPS) is 16.5. The van der Waals surface area contributed by atoms with E-state index >= 15 is 0 Å². The Bertz CT molecular complexity index is 2550. The summed E-state index contributed by atoms with van der Waals surface area (Å²) < 4.78 is 4.00. The third-order valence-electron chi connectivity index (χ3n) is 9.88. The third-order valence-corrected chi connectivity index (χ3v) is 12.3. The molecule has 0 saturated carbocycles. The van der Waals surface area contributed by atoms with Crippen molar-refractivity contribution >= 4 is 75.1 Å². The van der Waals surface area contributed by atoms with Gasteiger partial charge in [0.2, 0.25) is 0 Å². The number of nitrogens with zero attached hydrogens (tertiary/aromatic N) is 1. The highest BCUT2D eigenvalue weighted by atomic mass is 32.1. The van der Waals surface area contributed by atoms with E-state index in [9.17, 15) is 0 Å². The van der Waals surface area contributed by atoms with Gasteiger partial charge in [-0.25, -0.2) is 0 Å². The van der Waals surface area contributed by atoms with Gasteiger partial charge in [0.15, 0.2) is 0 Å². The van der Waals surface area contributed by atoms with E-state index in [1.54, 1.807) is 0 Å². The van der Waals surface area contributed by atoms with Crippen LogP contribution in [0.1, 0.15) is 47.1 Å². The molecule has 0 fully saturated rings. The Labute approximate surface area is 269 Å². The van der Waals surface area contributed by atoms with E-state index in [2.05, 4.69) is 140 Å². The van der Waals surface area contributed by atoms with Crippen molar-refractivity contribution in [1.29, 1.82) is 0 Å². The zero-order valence-corrected chi connectivity index (χ0v) is 26.5. The molecule has 8 aromatic rings. The maximum Gasteiger partial charge on any atom is 0.146 e. The smallest absolute Gasteiger partial charge is 0.146 e. The van der Waals surface area contributed by atoms with E-state index in [1.165, 1.54) is 79.4 Å². The molecule has 0 bridgehead atoms. The van der Waals surface area contributed by atoms with Gasteiger partial charge in [-0.05, 0) is 39.1 Å². The summed E-state index contributed by atoms with van der Waals surface area (Å²) >= 11 is 3.78. The maximum atomic E-state index is 5.50. The fourth-order valence-electron chi connectivity index (χ4n) is 7.89. The highest BCUT2D eigenvalue weighted by Gasteiger charge is 2.39. The predicted molar refractivity (Wildman–Crippen MR) is 195 cm³/mol. The quantitative estimate of drug-likeness (QED) is 0.206. The molecule has 10 rings (SSSR count). The first kappa shape index (κ1) is 25.5. The van der Waals surface area contributed by atoms with Crippen molar-refractivity contribution in [1.82, 2.24) is 0 Å². The van der Waals surface area contributed by atoms with E-state index in [4.69, 9.17) is 4.99 Å². The summed E-state index contributed by atoms with van der Waals surface area (Å²) in [6, 6.07) is 44.2. The van der Waals surface area contributed by atoms with Crippen LogP contribution in [0.2, 0.25) is 0 Å². The van der Waals surface area contributed by atoms with Crippen LogP contribution < -0.4 is 5.32 Å². The van der Waals surface area contributed by atoms with Gasteiger partial charge in [0.1, 0.15) is 6.17 Å². The van der Waals surface area contributed by atoms with Crippen molar-refractivity contribution in [2.75, 3.05) is 5.32 Å². The molecule has 214 valence electrons. The van der Waals surface area contributed by atoms with Crippen LogP contribution in [0.4, 0.5) is 5.69 Å². The van der Waals surface area contributed by atoms with Crippen molar-refractivity contribution < 1.29 is 0 Å². The lowest BCUT2D eigenvalue weighted by atomic mass is 9.81. The Kier molecular flexibility index (Phi) is 5.19. The van der Waals surface area contributed by atoms with Crippen LogP contribution in [-0.2, 0) is 5.41 Å². The molecule has 1 aliphatic heterocycles. The second kappa shape index (κ2) is 9.13. The molecular formula is C41H28N2S2. The number of thiophene rings is 2. The minimum atomic E-state index is -0.202. The van der Waals surface area contributed by atoms with E-state index in [0.29, 0.717) is 0 Å². The van der Waals surface area contributed by atoms with Gasteiger partial charge in [-0.15, -0.1) is 22.7 Å². The average molecular weight is 613 g/mol. The molecule has 2 aliphatic rings. The zero-order chi connectivity index (χ0) is 29.9. The molecule has 6 aromatic carbocycles. The number of anilines is 1. The summed E-state index contributed by atoms with van der Waals surface area (Å²) in [5.74, 6) is 0. The van der Waals surface area contributed by atoms with Gasteiger partial charge in [0.05, 0.1) is 16.3 Å². The van der Waals surface area contributed by atoms with E-state index in [0.717, 1.165) is 11.3 Å². The molecule has 2 nitrogen and oxygen atoms in total. The molecule has 3 heterocycles. The second-order valence-electron chi connectivity index (χ2n) is 12.7. The first-order valence-corrected chi connectivity index (χ1v) is 17.1. The van der Waals surface area contributed by atoms with Crippen LogP contribution in [0.5, 0.6) is 0 Å². The first-order chi connectivity index (χ1) is 22.1. The molecular weight excluding hydrogens is 585 g/mol. The first-order valence-electron chi connectivity index (χ1n) is 15.5. The molecule has 0 spiro atoms. The van der Waals surface area contributed by atoms with Crippen LogP contribution in [0.3, 0.4) is 0 Å². The number of nitrogens with one attached hydrogen (secondary N) is 1. The van der Waals surface area contributed by atoms with Gasteiger partial charge in [-0.3, -0.25) is 4.99 Å². The van der Waals surface area contributed by atoms with Crippen LogP contribution in [-0.4, -0.2) is 5.71 Å². The average Bonchev–Trinajstić information content (AvgIpc) is 3.73. The Morgan fingerprint density at radius 1 is 0.644 bits per heavy atom. The fraction of sp³-hybridized carbons (Fsp3) is 0.0976. The van der Waals surface area contributed by atoms with Crippen molar-refractivity contribution in [3.63, 3.8) is 0 Å². The monoisotopic (exact) mass is 612 g/mol. The number of rotatable bonds is 2. The van der Waals surface area contributed by atoms with Gasteiger partial charge in [-0.1, -0.05) is 129 Å². The van der Waals surface area contributed by atoms with E-state index < -0.39 is 0 Å². The lowest BCUT2D eigenvalue weighted by Crippen LogP contribution is -2.19. The summed E-state index contributed by atoms with van der Waals surface area (Å²) in [7, 11) is 0. The van der Waals surface area contributed by atoms with Crippen LogP contribution in [0.25, 0.3) is 52.2 Å². The van der Waals surface area contributed by atoms with Crippen molar-refractivity contribution in [3.05, 3.63) is 148 Å². The third kappa shape index (κ3) is 3.41. The Morgan fingerprint density at radius 2 is 1.36 bits per heavy atom. The Morgan fingerprint density at radius 3 is 2.22 bits per heavy atom. The molecule has 1 aliphatic carbocycles. The molecule has 0 amide bonds. The minimum absolute atomic E-state index is 0.0958. The van der Waals surface area contributed by atoms with Gasteiger partial charge in [0, 0.05) is 46.8 Å². The Balaban J connectivity index is 1.28. The minimum Gasteiger partial charge on any atom is -0.358 e. The summed E-state index contributed by atoms with van der Waals surface area (Å²) in [6.07, 6.45) is -0.202. The largest absolute Gasteiger partial charge is 0.358 e. The van der Waals surface area contributed by atoms with E-state index in [-0.39, 0.29) is 11.6 Å². The van der Waals surface area contributed by atoms with E-state index in [1.807, 2.05) is 22.7 Å². The van der Waals surface area contributed by atoms with Crippen LogP contribution >= 0.6 is 22.7 Å². The summed E-state index contributed by atoms with van der Waals surface area (Å²) in [5.41, 5.74) is 10.2. The van der Waals surface area contributed by atoms with Gasteiger partial charge in [-0.2, -0.15) is 0 Å². The van der Waals surface area contributed by atoms with Gasteiger partial charge < -0.3 is 5.32 Å². The molecule has 0 radical (unpaired) electrons. The number of hydrogen-bond acceptors (Lipinski definition) is 4. The van der Waals surface area contributed by atoms with Crippen molar-refractivity contribution in [2.24, 2.45) is 4.99 Å². The highest BCUT2D eigenvalue weighted by Crippen LogP contribution is 2.57. The Hall–Kier alpha value is -4.77. The lowest BCUT2D eigenvalue weighted by Gasteiger charge is -2.24. The standard InChI is InChI=1S/C41H28N2S2/c1-41(2)30-21-10-8-17-26(30)32-24-15-6-7-16-25(24)33-28-19-12-20-29(37(28)45-38(33)34(32)41)40-42-35(23-13-4-3-5-14-23)39-36(43-40)27-18-9-11-22-31(27)44-39/h3-22,40,43H,1-2H3. The summed E-state index contributed by atoms with van der Waals surface area (Å²) in [5, 5.41) is 10.5. The van der Waals surface area contributed by atoms with Crippen LogP contribution in [0, 0.1) is 0 Å². The SMILES string of the molecule is CC1(C)c2ccccc2-c2c1c1sc3c(C4N=C(c5ccccc5)c5sc6ccccc6c5N4)cccc3c1c1ccccc21. The molecule has 1 N–H and O–H groups in total. The molecule has 4 heteroatoms. The molecule has 45 heavy (non-hydrogen) atoms. The lowest BCUT2D eigenvalue weighted by molar-refractivity contribution is 0.667. The van der Waals surface area contributed by atoms with Crippen molar-refractivity contribution in [2.45, 2.75) is 25.4 Å². The number of benzene rings is 6. The van der Waals surface area contributed by atoms with Crippen LogP contribution in [0.15, 0.2) is 126 Å². The number of fused-ring (bicyclic) bond motifs is 13. The molecule has 2 aromatic heterocycles. The molecule has 1 atom stereocenters. The maximum absolute atomic E-state index is 5.50. The number of hydrogen-bond donors (Lipinski definition) is 1. The zero-order valence-electron chi connectivity index (χ0n) is 24.9. The fourth-order valence-corrected chi connectivity index (χ4v) is 10.6. The van der Waals surface area contributed by atoms with Gasteiger partial charge >= 0.3 is 0 Å². The summed E-state index contributed by atoms with van der Waals surface area (Å²) in [6.45, 7) is 4.80. The second-order valence-corrected chi connectivity index (χ2v) is 14.8. The predicted octanol–water partition coefficient (Wildman–Crippen LogP) is 11.7. The highest BCUT2D eigenvalue weighted by molar-refractivity contribution is 7.26.